The number of likely N-dealkylation sites (tertiary alicyclic amines) is 1. The summed E-state index contributed by atoms with van der Waals surface area (Å²) in [7, 11) is 5.96. The van der Waals surface area contributed by atoms with Gasteiger partial charge in [0.15, 0.2) is 11.5 Å². The predicted octanol–water partition coefficient (Wildman–Crippen LogP) is 5.21. The quantitative estimate of drug-likeness (QED) is 0.653. The Labute approximate surface area is 207 Å². The van der Waals surface area contributed by atoms with Gasteiger partial charge >= 0.3 is 0 Å². The summed E-state index contributed by atoms with van der Waals surface area (Å²) in [6.07, 6.45) is 4.24. The summed E-state index contributed by atoms with van der Waals surface area (Å²) in [6, 6.07) is 4.94. The molecule has 2 fully saturated rings. The first-order valence-corrected chi connectivity index (χ1v) is 13.1. The number of piperidine rings is 1. The molecule has 2 bridgehead atoms. The van der Waals surface area contributed by atoms with Crippen molar-refractivity contribution in [2.75, 3.05) is 27.8 Å². The summed E-state index contributed by atoms with van der Waals surface area (Å²) in [5.74, 6) is 2.33. The maximum Gasteiger partial charge on any atom is 0.165 e. The molecule has 1 N–H and O–H groups in total. The van der Waals surface area contributed by atoms with Crippen LogP contribution in [0.1, 0.15) is 78.9 Å². The molecule has 5 nitrogen and oxygen atoms in total. The maximum absolute atomic E-state index is 8.89. The molecular weight excluding hydrogens is 426 g/mol. The summed E-state index contributed by atoms with van der Waals surface area (Å²) in [4.78, 5) is 2.60. The molecule has 1 saturated heterocycles. The van der Waals surface area contributed by atoms with Gasteiger partial charge in [-0.2, -0.15) is 0 Å². The van der Waals surface area contributed by atoms with Crippen molar-refractivity contribution in [3.8, 4) is 11.5 Å². The Morgan fingerprint density at radius 2 is 1.91 bits per heavy atom. The van der Waals surface area contributed by atoms with E-state index in [1.807, 2.05) is 27.9 Å². The van der Waals surface area contributed by atoms with Gasteiger partial charge < -0.3 is 24.2 Å². The number of hydrogen-bond acceptors (Lipinski definition) is 5. The minimum Gasteiger partial charge on any atom is -0.493 e. The van der Waals surface area contributed by atoms with Crippen molar-refractivity contribution >= 4 is 0 Å². The molecule has 2 heterocycles. The molecule has 0 aromatic heterocycles. The van der Waals surface area contributed by atoms with Crippen LogP contribution in [-0.2, 0) is 16.6 Å². The van der Waals surface area contributed by atoms with Crippen LogP contribution in [0.2, 0.25) is 0 Å². The van der Waals surface area contributed by atoms with E-state index in [9.17, 15) is 0 Å². The highest BCUT2D eigenvalue weighted by atomic mass is 16.6. The van der Waals surface area contributed by atoms with Crippen molar-refractivity contribution in [1.82, 2.24) is 4.90 Å². The molecule has 1 spiro atoms. The number of benzene rings is 1. The van der Waals surface area contributed by atoms with Gasteiger partial charge in [-0.1, -0.05) is 47.6 Å². The SMILES string of the molecule is CC(O)C(C)(C)C.CC[C@]1(OC)C2Oc3c(OC)ccc4c3C23CCN(C)C(C4)[C@]3(C)C[C@H]1C. The van der Waals surface area contributed by atoms with Crippen molar-refractivity contribution in [2.24, 2.45) is 16.7 Å². The van der Waals surface area contributed by atoms with E-state index in [4.69, 9.17) is 19.3 Å². The summed E-state index contributed by atoms with van der Waals surface area (Å²) in [5.41, 5.74) is 2.91. The fourth-order valence-electron chi connectivity index (χ4n) is 7.79. The van der Waals surface area contributed by atoms with E-state index in [0.717, 1.165) is 37.3 Å². The molecule has 2 aliphatic carbocycles. The zero-order chi connectivity index (χ0) is 25.3. The van der Waals surface area contributed by atoms with Crippen molar-refractivity contribution in [3.05, 3.63) is 23.3 Å². The molecule has 0 radical (unpaired) electrons. The first-order chi connectivity index (χ1) is 15.8. The first-order valence-electron chi connectivity index (χ1n) is 13.1. The zero-order valence-electron chi connectivity index (χ0n) is 23.1. The Bertz CT molecular complexity index is 917. The van der Waals surface area contributed by atoms with Gasteiger partial charge in [-0.15, -0.1) is 0 Å². The van der Waals surface area contributed by atoms with Crippen LogP contribution in [0, 0.1) is 16.7 Å². The standard InChI is InChI=1S/C23H33NO3.C6H14O/c1-7-23(26-6)14(2)13-21(3)17-12-15-8-9-16(25-5)19-18(15)22(21,20(23)27-19)10-11-24(17)4;1-5(7)6(2,3)4/h8-9,14,17,20H,7,10-13H2,1-6H3;5,7H,1-4H3/t14-,17?,20?,21+,22?,23-;/m1./s1. The number of methoxy groups -OCH3 is 2. The third-order valence-electron chi connectivity index (χ3n) is 10.3. The monoisotopic (exact) mass is 473 g/mol. The molecule has 5 heteroatoms. The second-order valence-electron chi connectivity index (χ2n) is 12.6. The largest absolute Gasteiger partial charge is 0.493 e. The van der Waals surface area contributed by atoms with Crippen LogP contribution in [-0.4, -0.2) is 61.7 Å². The number of hydrogen-bond donors (Lipinski definition) is 1. The molecule has 192 valence electrons. The van der Waals surface area contributed by atoms with Crippen LogP contribution in [0.3, 0.4) is 0 Å². The number of aliphatic hydroxyl groups excluding tert-OH is 1. The molecule has 2 aliphatic heterocycles. The highest BCUT2D eigenvalue weighted by Gasteiger charge is 2.75. The van der Waals surface area contributed by atoms with Gasteiger partial charge in [0, 0.05) is 24.1 Å². The fraction of sp³-hybridized carbons (Fsp3) is 0.793. The normalized spacial score (nSPS) is 38.9. The van der Waals surface area contributed by atoms with E-state index in [0.29, 0.717) is 12.0 Å². The van der Waals surface area contributed by atoms with Crippen molar-refractivity contribution in [3.63, 3.8) is 0 Å². The predicted molar refractivity (Wildman–Crippen MR) is 137 cm³/mol. The van der Waals surface area contributed by atoms with Crippen LogP contribution in [0.15, 0.2) is 12.1 Å². The lowest BCUT2D eigenvalue weighted by molar-refractivity contribution is -0.227. The Kier molecular flexibility index (Phi) is 6.36. The molecular formula is C29H47NO4. The Morgan fingerprint density at radius 1 is 1.26 bits per heavy atom. The fourth-order valence-corrected chi connectivity index (χ4v) is 7.79. The van der Waals surface area contributed by atoms with Gasteiger partial charge in [-0.3, -0.25) is 0 Å². The van der Waals surface area contributed by atoms with Gasteiger partial charge in [0.25, 0.3) is 0 Å². The molecule has 4 aliphatic rings. The summed E-state index contributed by atoms with van der Waals surface area (Å²) in [6.45, 7) is 16.1. The number of likely N-dealkylation sites (N-methyl/N-ethyl adjacent to an activating group) is 1. The highest BCUT2D eigenvalue weighted by Crippen LogP contribution is 2.72. The summed E-state index contributed by atoms with van der Waals surface area (Å²) < 4.78 is 19.0. The van der Waals surface area contributed by atoms with Gasteiger partial charge in [0.05, 0.1) is 13.2 Å². The second kappa shape index (κ2) is 8.38. The van der Waals surface area contributed by atoms with E-state index in [-0.39, 0.29) is 34.1 Å². The van der Waals surface area contributed by atoms with E-state index in [1.54, 1.807) is 14.0 Å². The molecule has 1 saturated carbocycles. The van der Waals surface area contributed by atoms with E-state index in [2.05, 4.69) is 44.9 Å². The zero-order valence-corrected chi connectivity index (χ0v) is 23.1. The van der Waals surface area contributed by atoms with Crippen molar-refractivity contribution in [1.29, 1.82) is 0 Å². The van der Waals surface area contributed by atoms with Gasteiger partial charge in [-0.25, -0.2) is 0 Å². The van der Waals surface area contributed by atoms with Crippen molar-refractivity contribution in [2.45, 2.75) is 103 Å². The lowest BCUT2D eigenvalue weighted by Crippen LogP contribution is -2.76. The van der Waals surface area contributed by atoms with Crippen molar-refractivity contribution < 1.29 is 19.3 Å². The molecule has 0 amide bonds. The molecule has 1 aromatic rings. The number of aliphatic hydroxyl groups is 1. The van der Waals surface area contributed by atoms with Crippen LogP contribution >= 0.6 is 0 Å². The van der Waals surface area contributed by atoms with Crippen LogP contribution < -0.4 is 9.47 Å². The molecule has 34 heavy (non-hydrogen) atoms. The minimum atomic E-state index is -0.251. The molecule has 1 aromatic carbocycles. The van der Waals surface area contributed by atoms with Crippen LogP contribution in [0.4, 0.5) is 0 Å². The van der Waals surface area contributed by atoms with Gasteiger partial charge in [-0.05, 0) is 74.6 Å². The maximum atomic E-state index is 8.89. The van der Waals surface area contributed by atoms with E-state index < -0.39 is 0 Å². The number of ether oxygens (including phenoxy) is 3. The lowest BCUT2D eigenvalue weighted by atomic mass is 9.40. The molecule has 5 rings (SSSR count). The molecule has 7 atom stereocenters. The number of rotatable bonds is 3. The number of nitrogens with zero attached hydrogens (tertiary/aromatic N) is 1. The van der Waals surface area contributed by atoms with E-state index >= 15 is 0 Å². The Morgan fingerprint density at radius 3 is 2.44 bits per heavy atom. The van der Waals surface area contributed by atoms with Gasteiger partial charge in [0.2, 0.25) is 0 Å². The Hall–Kier alpha value is -1.30. The first kappa shape index (κ1) is 25.8. The third-order valence-corrected chi connectivity index (χ3v) is 10.3. The summed E-state index contributed by atoms with van der Waals surface area (Å²) in [5, 5.41) is 8.89. The van der Waals surface area contributed by atoms with E-state index in [1.165, 1.54) is 17.5 Å². The smallest absolute Gasteiger partial charge is 0.165 e. The average molecular weight is 474 g/mol. The lowest BCUT2D eigenvalue weighted by Gasteiger charge is -2.68. The molecule has 4 unspecified atom stereocenters. The third kappa shape index (κ3) is 3.22. The minimum absolute atomic E-state index is 0.0141. The van der Waals surface area contributed by atoms with Crippen LogP contribution in [0.5, 0.6) is 11.5 Å². The Balaban J connectivity index is 0.000000344. The average Bonchev–Trinajstić information content (AvgIpc) is 3.12. The van der Waals surface area contributed by atoms with Gasteiger partial charge in [0.1, 0.15) is 11.7 Å². The second-order valence-corrected chi connectivity index (χ2v) is 12.6. The topological polar surface area (TPSA) is 51.2 Å². The highest BCUT2D eigenvalue weighted by molar-refractivity contribution is 5.62. The van der Waals surface area contributed by atoms with Crippen LogP contribution in [0.25, 0.3) is 0 Å². The summed E-state index contributed by atoms with van der Waals surface area (Å²) >= 11 is 0.